The van der Waals surface area contributed by atoms with E-state index in [1.807, 2.05) is 6.92 Å². The molecule has 1 unspecified atom stereocenters. The van der Waals surface area contributed by atoms with E-state index in [1.165, 1.54) is 0 Å². The highest BCUT2D eigenvalue weighted by Gasteiger charge is 2.21. The number of nitrogens with one attached hydrogen (secondary N) is 2. The Morgan fingerprint density at radius 3 is 2.81 bits per heavy atom. The summed E-state index contributed by atoms with van der Waals surface area (Å²) in [7, 11) is 0. The summed E-state index contributed by atoms with van der Waals surface area (Å²) in [6.45, 7) is 10.5. The van der Waals surface area contributed by atoms with Gasteiger partial charge in [-0.3, -0.25) is 14.5 Å². The molecule has 0 aliphatic carbocycles. The van der Waals surface area contributed by atoms with E-state index < -0.39 is 0 Å². The molecule has 2 amide bonds. The van der Waals surface area contributed by atoms with Gasteiger partial charge in [0.05, 0.1) is 31.4 Å². The van der Waals surface area contributed by atoms with Crippen molar-refractivity contribution < 1.29 is 19.1 Å². The summed E-state index contributed by atoms with van der Waals surface area (Å²) >= 11 is 0. The van der Waals surface area contributed by atoms with Crippen molar-refractivity contribution in [1.82, 2.24) is 15.5 Å². The summed E-state index contributed by atoms with van der Waals surface area (Å²) in [4.78, 5) is 26.7. The van der Waals surface area contributed by atoms with Gasteiger partial charge in [-0.1, -0.05) is 26.0 Å². The van der Waals surface area contributed by atoms with Crippen molar-refractivity contribution >= 4 is 11.8 Å². The van der Waals surface area contributed by atoms with Crippen molar-refractivity contribution in [3.8, 4) is 5.75 Å². The summed E-state index contributed by atoms with van der Waals surface area (Å²) in [6, 6.07) is 6.99. The molecule has 2 rings (SSSR count). The molecule has 1 atom stereocenters. The average molecular weight is 377 g/mol. The molecule has 1 aromatic rings. The second-order valence-electron chi connectivity index (χ2n) is 7.06. The van der Waals surface area contributed by atoms with Crippen molar-refractivity contribution in [3.63, 3.8) is 0 Å². The predicted molar refractivity (Wildman–Crippen MR) is 104 cm³/mol. The van der Waals surface area contributed by atoms with Crippen LogP contribution in [0.4, 0.5) is 0 Å². The van der Waals surface area contributed by atoms with Crippen LogP contribution >= 0.6 is 0 Å². The van der Waals surface area contributed by atoms with Gasteiger partial charge in [0.2, 0.25) is 5.91 Å². The van der Waals surface area contributed by atoms with Gasteiger partial charge in [0, 0.05) is 26.2 Å². The minimum absolute atomic E-state index is 0.0177. The van der Waals surface area contributed by atoms with E-state index in [4.69, 9.17) is 9.47 Å². The van der Waals surface area contributed by atoms with E-state index in [2.05, 4.69) is 29.4 Å². The normalized spacial score (nSPS) is 17.6. The van der Waals surface area contributed by atoms with Crippen molar-refractivity contribution in [1.29, 1.82) is 0 Å². The minimum Gasteiger partial charge on any atom is -0.493 e. The quantitative estimate of drug-likeness (QED) is 0.678. The smallest absolute Gasteiger partial charge is 0.255 e. The van der Waals surface area contributed by atoms with Gasteiger partial charge in [0.25, 0.3) is 5.91 Å². The Labute approximate surface area is 161 Å². The van der Waals surface area contributed by atoms with Crippen LogP contribution in [0.1, 0.15) is 31.1 Å². The van der Waals surface area contributed by atoms with Gasteiger partial charge < -0.3 is 20.1 Å². The summed E-state index contributed by atoms with van der Waals surface area (Å²) in [6.07, 6.45) is -0.0177. The molecule has 1 saturated heterocycles. The van der Waals surface area contributed by atoms with Crippen molar-refractivity contribution in [2.75, 3.05) is 45.9 Å². The maximum absolute atomic E-state index is 12.3. The lowest BCUT2D eigenvalue weighted by Crippen LogP contribution is -2.49. The average Bonchev–Trinajstić information content (AvgIpc) is 2.65. The van der Waals surface area contributed by atoms with Gasteiger partial charge in [-0.15, -0.1) is 0 Å². The van der Waals surface area contributed by atoms with E-state index in [0.717, 1.165) is 19.6 Å². The van der Waals surface area contributed by atoms with Crippen molar-refractivity contribution in [2.45, 2.75) is 26.9 Å². The maximum Gasteiger partial charge on any atom is 0.255 e. The SMILES string of the molecule is CCOc1ccccc1C(=O)NCC(=O)NCC1CN(CC(C)C)CCO1. The summed E-state index contributed by atoms with van der Waals surface area (Å²) in [5.41, 5.74) is 0.423. The van der Waals surface area contributed by atoms with Crippen LogP contribution in [0.15, 0.2) is 24.3 Å². The molecule has 7 nitrogen and oxygen atoms in total. The fourth-order valence-corrected chi connectivity index (χ4v) is 3.07. The van der Waals surface area contributed by atoms with Crippen molar-refractivity contribution in [2.24, 2.45) is 5.92 Å². The van der Waals surface area contributed by atoms with E-state index in [0.29, 0.717) is 37.0 Å². The fourth-order valence-electron chi connectivity index (χ4n) is 3.07. The lowest BCUT2D eigenvalue weighted by atomic mass is 10.2. The second-order valence-corrected chi connectivity index (χ2v) is 7.06. The number of carbonyl (C=O) groups is 2. The summed E-state index contributed by atoms with van der Waals surface area (Å²) in [5, 5.41) is 5.47. The molecule has 1 fully saturated rings. The van der Waals surface area contributed by atoms with Crippen LogP contribution in [0.25, 0.3) is 0 Å². The molecule has 0 aromatic heterocycles. The number of hydrogen-bond acceptors (Lipinski definition) is 5. The number of benzene rings is 1. The fraction of sp³-hybridized carbons (Fsp3) is 0.600. The van der Waals surface area contributed by atoms with Gasteiger partial charge in [-0.2, -0.15) is 0 Å². The largest absolute Gasteiger partial charge is 0.493 e. The Kier molecular flexibility index (Phi) is 8.54. The van der Waals surface area contributed by atoms with Crippen LogP contribution in [0, 0.1) is 5.92 Å². The zero-order valence-corrected chi connectivity index (χ0v) is 16.5. The number of para-hydroxylation sites is 1. The third-order valence-electron chi connectivity index (χ3n) is 4.21. The van der Waals surface area contributed by atoms with Crippen LogP contribution in [-0.4, -0.2) is 68.8 Å². The van der Waals surface area contributed by atoms with Gasteiger partial charge in [0.15, 0.2) is 0 Å². The highest BCUT2D eigenvalue weighted by atomic mass is 16.5. The Bertz CT molecular complexity index is 621. The van der Waals surface area contributed by atoms with Crippen LogP contribution in [-0.2, 0) is 9.53 Å². The molecule has 1 aliphatic rings. The lowest BCUT2D eigenvalue weighted by molar-refractivity contribution is -0.121. The number of amides is 2. The van der Waals surface area contributed by atoms with Gasteiger partial charge in [0.1, 0.15) is 5.75 Å². The molecule has 1 heterocycles. The zero-order valence-electron chi connectivity index (χ0n) is 16.5. The molecule has 27 heavy (non-hydrogen) atoms. The first kappa shape index (κ1) is 21.2. The summed E-state index contributed by atoms with van der Waals surface area (Å²) in [5.74, 6) is 0.555. The highest BCUT2D eigenvalue weighted by Crippen LogP contribution is 2.17. The molecule has 0 spiro atoms. The third-order valence-corrected chi connectivity index (χ3v) is 4.21. The first-order valence-electron chi connectivity index (χ1n) is 9.60. The van der Waals surface area contributed by atoms with E-state index in [1.54, 1.807) is 24.3 Å². The second kappa shape index (κ2) is 10.9. The molecule has 0 saturated carbocycles. The van der Waals surface area contributed by atoms with Gasteiger partial charge >= 0.3 is 0 Å². The van der Waals surface area contributed by atoms with E-state index in [9.17, 15) is 9.59 Å². The number of hydrogen-bond donors (Lipinski definition) is 2. The van der Waals surface area contributed by atoms with Crippen molar-refractivity contribution in [3.05, 3.63) is 29.8 Å². The summed E-state index contributed by atoms with van der Waals surface area (Å²) < 4.78 is 11.2. The first-order valence-corrected chi connectivity index (χ1v) is 9.60. The van der Waals surface area contributed by atoms with Crippen LogP contribution in [0.5, 0.6) is 5.75 Å². The van der Waals surface area contributed by atoms with E-state index in [-0.39, 0.29) is 24.5 Å². The Morgan fingerprint density at radius 2 is 2.07 bits per heavy atom. The number of morpholine rings is 1. The molecular weight excluding hydrogens is 346 g/mol. The van der Waals surface area contributed by atoms with E-state index >= 15 is 0 Å². The number of nitrogens with zero attached hydrogens (tertiary/aromatic N) is 1. The molecule has 1 aliphatic heterocycles. The van der Waals surface area contributed by atoms with Crippen LogP contribution in [0.3, 0.4) is 0 Å². The van der Waals surface area contributed by atoms with Gasteiger partial charge in [-0.25, -0.2) is 0 Å². The standard InChI is InChI=1S/C20H31N3O4/c1-4-26-18-8-6-5-7-17(18)20(25)22-12-19(24)21-11-16-14-23(9-10-27-16)13-15(2)3/h5-8,15-16H,4,9-14H2,1-3H3,(H,21,24)(H,22,25). The zero-order chi connectivity index (χ0) is 19.6. The number of ether oxygens (including phenoxy) is 2. The molecule has 0 radical (unpaired) electrons. The Morgan fingerprint density at radius 1 is 1.30 bits per heavy atom. The molecule has 7 heteroatoms. The topological polar surface area (TPSA) is 79.9 Å². The highest BCUT2D eigenvalue weighted by molar-refractivity contribution is 5.98. The molecule has 2 N–H and O–H groups in total. The van der Waals surface area contributed by atoms with Gasteiger partial charge in [-0.05, 0) is 25.0 Å². The first-order chi connectivity index (χ1) is 13.0. The van der Waals surface area contributed by atoms with Crippen LogP contribution < -0.4 is 15.4 Å². The third kappa shape index (κ3) is 7.19. The Balaban J connectivity index is 1.74. The molecule has 0 bridgehead atoms. The number of carbonyl (C=O) groups excluding carboxylic acids is 2. The predicted octanol–water partition coefficient (Wildman–Crippen LogP) is 1.29. The minimum atomic E-state index is -0.328. The molecular formula is C20H31N3O4. The monoisotopic (exact) mass is 377 g/mol. The molecule has 1 aromatic carbocycles. The maximum atomic E-state index is 12.3. The Hall–Kier alpha value is -2.12. The lowest BCUT2D eigenvalue weighted by Gasteiger charge is -2.33. The number of rotatable bonds is 9. The van der Waals surface area contributed by atoms with Crippen LogP contribution in [0.2, 0.25) is 0 Å². The molecule has 150 valence electrons.